The van der Waals surface area contributed by atoms with E-state index in [0.29, 0.717) is 26.2 Å². The Kier molecular flexibility index (Phi) is 5.04. The van der Waals surface area contributed by atoms with E-state index in [1.807, 2.05) is 0 Å². The third-order valence-electron chi connectivity index (χ3n) is 3.42. The molecule has 0 radical (unpaired) electrons. The van der Waals surface area contributed by atoms with E-state index in [0.717, 1.165) is 12.8 Å². The molecule has 1 aromatic rings. The van der Waals surface area contributed by atoms with Crippen LogP contribution in [0, 0.1) is 5.92 Å². The number of aromatic amines is 1. The number of aromatic nitrogens is 2. The topological polar surface area (TPSA) is 121 Å². The zero-order chi connectivity index (χ0) is 15.2. The van der Waals surface area contributed by atoms with E-state index in [1.165, 1.54) is 12.1 Å². The van der Waals surface area contributed by atoms with E-state index in [4.69, 9.17) is 5.73 Å². The summed E-state index contributed by atoms with van der Waals surface area (Å²) in [7, 11) is 0. The number of nitrogens with one attached hydrogen (secondary N) is 2. The van der Waals surface area contributed by atoms with Gasteiger partial charge in [0.25, 0.3) is 11.5 Å². The molecule has 0 aliphatic carbocycles. The number of piperidine rings is 1. The van der Waals surface area contributed by atoms with E-state index in [1.54, 1.807) is 4.90 Å². The van der Waals surface area contributed by atoms with Crippen molar-refractivity contribution in [1.82, 2.24) is 20.4 Å². The Balaban J connectivity index is 2.00. The van der Waals surface area contributed by atoms with Crippen LogP contribution in [0.3, 0.4) is 0 Å². The number of H-pyrrole nitrogens is 1. The molecule has 8 nitrogen and oxygen atoms in total. The van der Waals surface area contributed by atoms with Crippen molar-refractivity contribution in [2.45, 2.75) is 12.8 Å². The summed E-state index contributed by atoms with van der Waals surface area (Å²) in [5.41, 5.74) is 5.17. The molecule has 0 saturated carbocycles. The number of hydrogen-bond acceptors (Lipinski definition) is 5. The summed E-state index contributed by atoms with van der Waals surface area (Å²) in [5, 5.41) is 8.71. The molecule has 1 unspecified atom stereocenters. The van der Waals surface area contributed by atoms with Crippen LogP contribution in [-0.2, 0) is 4.79 Å². The van der Waals surface area contributed by atoms with Gasteiger partial charge in [0.1, 0.15) is 5.69 Å². The van der Waals surface area contributed by atoms with E-state index in [9.17, 15) is 14.4 Å². The van der Waals surface area contributed by atoms with Crippen LogP contribution >= 0.6 is 0 Å². The first-order valence-corrected chi connectivity index (χ1v) is 6.94. The molecule has 21 heavy (non-hydrogen) atoms. The number of carbonyl (C=O) groups excluding carboxylic acids is 2. The maximum atomic E-state index is 12.3. The van der Waals surface area contributed by atoms with Crippen molar-refractivity contribution < 1.29 is 9.59 Å². The van der Waals surface area contributed by atoms with Gasteiger partial charge in [0.05, 0.1) is 5.92 Å². The molecule has 114 valence electrons. The molecule has 1 aliphatic heterocycles. The predicted molar refractivity (Wildman–Crippen MR) is 75.5 cm³/mol. The Hall–Kier alpha value is -2.22. The molecule has 1 atom stereocenters. The van der Waals surface area contributed by atoms with Crippen molar-refractivity contribution in [2.75, 3.05) is 26.2 Å². The van der Waals surface area contributed by atoms with Crippen LogP contribution in [0.4, 0.5) is 0 Å². The molecule has 8 heteroatoms. The third-order valence-corrected chi connectivity index (χ3v) is 3.42. The van der Waals surface area contributed by atoms with Gasteiger partial charge in [-0.25, -0.2) is 5.10 Å². The SMILES string of the molecule is NCCNC(=O)C1CCCN(C(=O)c2ccc(=O)[nH]n2)C1. The van der Waals surface area contributed by atoms with Gasteiger partial charge in [0.15, 0.2) is 0 Å². The van der Waals surface area contributed by atoms with Gasteiger partial charge in [-0.05, 0) is 18.9 Å². The molecule has 1 aromatic heterocycles. The Morgan fingerprint density at radius 2 is 2.29 bits per heavy atom. The standard InChI is InChI=1S/C13H19N5O3/c14-5-6-15-12(20)9-2-1-7-18(8-9)13(21)10-3-4-11(19)17-16-10/h3-4,9H,1-2,5-8,14H2,(H,15,20)(H,17,19). The van der Waals surface area contributed by atoms with Crippen molar-refractivity contribution in [1.29, 1.82) is 0 Å². The van der Waals surface area contributed by atoms with Crippen molar-refractivity contribution in [3.05, 3.63) is 28.2 Å². The fourth-order valence-electron chi connectivity index (χ4n) is 2.34. The van der Waals surface area contributed by atoms with Crippen LogP contribution in [0.1, 0.15) is 23.3 Å². The van der Waals surface area contributed by atoms with Crippen molar-refractivity contribution in [3.8, 4) is 0 Å². The van der Waals surface area contributed by atoms with Gasteiger partial charge in [-0.15, -0.1) is 0 Å². The van der Waals surface area contributed by atoms with Gasteiger partial charge in [0, 0.05) is 32.2 Å². The number of nitrogens with two attached hydrogens (primary N) is 1. The van der Waals surface area contributed by atoms with E-state index in [2.05, 4.69) is 15.5 Å². The van der Waals surface area contributed by atoms with Crippen LogP contribution in [0.25, 0.3) is 0 Å². The molecular formula is C13H19N5O3. The van der Waals surface area contributed by atoms with Gasteiger partial charge in [-0.1, -0.05) is 0 Å². The first-order chi connectivity index (χ1) is 10.1. The number of rotatable bonds is 4. The number of hydrogen-bond donors (Lipinski definition) is 3. The molecule has 0 aromatic carbocycles. The Morgan fingerprint density at radius 3 is 2.95 bits per heavy atom. The van der Waals surface area contributed by atoms with Crippen molar-refractivity contribution in [3.63, 3.8) is 0 Å². The summed E-state index contributed by atoms with van der Waals surface area (Å²) >= 11 is 0. The minimum Gasteiger partial charge on any atom is -0.355 e. The smallest absolute Gasteiger partial charge is 0.274 e. The van der Waals surface area contributed by atoms with Gasteiger partial charge < -0.3 is 16.0 Å². The lowest BCUT2D eigenvalue weighted by Gasteiger charge is -2.31. The first kappa shape index (κ1) is 15.2. The van der Waals surface area contributed by atoms with Crippen LogP contribution < -0.4 is 16.6 Å². The highest BCUT2D eigenvalue weighted by Gasteiger charge is 2.29. The quantitative estimate of drug-likeness (QED) is 0.637. The summed E-state index contributed by atoms with van der Waals surface area (Å²) < 4.78 is 0. The Bertz CT molecular complexity index is 551. The third kappa shape index (κ3) is 3.88. The second kappa shape index (κ2) is 6.98. The van der Waals surface area contributed by atoms with Crippen LogP contribution in [0.2, 0.25) is 0 Å². The predicted octanol–water partition coefficient (Wildman–Crippen LogP) is -1.30. The highest BCUT2D eigenvalue weighted by Crippen LogP contribution is 2.18. The maximum absolute atomic E-state index is 12.3. The average Bonchev–Trinajstić information content (AvgIpc) is 2.52. The largest absolute Gasteiger partial charge is 0.355 e. The highest BCUT2D eigenvalue weighted by atomic mass is 16.2. The summed E-state index contributed by atoms with van der Waals surface area (Å²) in [6, 6.07) is 2.65. The summed E-state index contributed by atoms with van der Waals surface area (Å²) in [6.07, 6.45) is 1.51. The lowest BCUT2D eigenvalue weighted by molar-refractivity contribution is -0.126. The van der Waals surface area contributed by atoms with Gasteiger partial charge in [-0.3, -0.25) is 14.4 Å². The molecule has 4 N–H and O–H groups in total. The van der Waals surface area contributed by atoms with E-state index < -0.39 is 0 Å². The zero-order valence-electron chi connectivity index (χ0n) is 11.7. The van der Waals surface area contributed by atoms with E-state index in [-0.39, 0.29) is 29.0 Å². The number of amides is 2. The Morgan fingerprint density at radius 1 is 1.48 bits per heavy atom. The number of nitrogens with zero attached hydrogens (tertiary/aromatic N) is 2. The maximum Gasteiger partial charge on any atom is 0.274 e. The van der Waals surface area contributed by atoms with Crippen LogP contribution in [0.5, 0.6) is 0 Å². The van der Waals surface area contributed by atoms with Crippen molar-refractivity contribution in [2.24, 2.45) is 11.7 Å². The minimum absolute atomic E-state index is 0.0765. The van der Waals surface area contributed by atoms with Crippen molar-refractivity contribution >= 4 is 11.8 Å². The zero-order valence-corrected chi connectivity index (χ0v) is 11.7. The monoisotopic (exact) mass is 293 g/mol. The first-order valence-electron chi connectivity index (χ1n) is 6.94. The molecule has 2 rings (SSSR count). The fourth-order valence-corrected chi connectivity index (χ4v) is 2.34. The second-order valence-electron chi connectivity index (χ2n) is 4.98. The molecule has 0 bridgehead atoms. The lowest BCUT2D eigenvalue weighted by atomic mass is 9.97. The summed E-state index contributed by atoms with van der Waals surface area (Å²) in [6.45, 7) is 1.77. The number of carbonyl (C=O) groups is 2. The molecule has 2 heterocycles. The molecule has 1 fully saturated rings. The summed E-state index contributed by atoms with van der Waals surface area (Å²) in [5.74, 6) is -0.577. The van der Waals surface area contributed by atoms with Gasteiger partial charge in [-0.2, -0.15) is 5.10 Å². The van der Waals surface area contributed by atoms with Crippen LogP contribution in [0.15, 0.2) is 16.9 Å². The minimum atomic E-state index is -0.357. The Labute approximate surface area is 121 Å². The molecule has 2 amide bonds. The van der Waals surface area contributed by atoms with Gasteiger partial charge >= 0.3 is 0 Å². The number of likely N-dealkylation sites (tertiary alicyclic amines) is 1. The highest BCUT2D eigenvalue weighted by molar-refractivity contribution is 5.92. The second-order valence-corrected chi connectivity index (χ2v) is 4.98. The lowest BCUT2D eigenvalue weighted by Crippen LogP contribution is -2.46. The molecular weight excluding hydrogens is 274 g/mol. The average molecular weight is 293 g/mol. The van der Waals surface area contributed by atoms with E-state index >= 15 is 0 Å². The van der Waals surface area contributed by atoms with Gasteiger partial charge in [0.2, 0.25) is 5.91 Å². The normalized spacial score (nSPS) is 18.3. The fraction of sp³-hybridized carbons (Fsp3) is 0.538. The molecule has 1 aliphatic rings. The van der Waals surface area contributed by atoms with Crippen LogP contribution in [-0.4, -0.2) is 53.1 Å². The molecule has 0 spiro atoms. The summed E-state index contributed by atoms with van der Waals surface area (Å²) in [4.78, 5) is 36.8. The molecule has 1 saturated heterocycles.